The van der Waals surface area contributed by atoms with E-state index in [1.54, 1.807) is 48.5 Å². The highest BCUT2D eigenvalue weighted by molar-refractivity contribution is 7.92. The normalized spacial score (nSPS) is 11.3. The van der Waals surface area contributed by atoms with Gasteiger partial charge in [-0.3, -0.25) is 9.10 Å². The first-order valence-corrected chi connectivity index (χ1v) is 13.6. The molecule has 9 nitrogen and oxygen atoms in total. The number of hydrogen-bond donors (Lipinski definition) is 1. The SMILES string of the molecule is CCOc1ccc(/C=N\NC(=O)CN(c2cc(C)ccc2OC)S(=O)(=O)c2ccc(C)cc2)cc1OCC. The predicted octanol–water partition coefficient (Wildman–Crippen LogP) is 4.46. The minimum absolute atomic E-state index is 0.0563. The minimum Gasteiger partial charge on any atom is -0.495 e. The Hall–Kier alpha value is -4.05. The molecule has 0 radical (unpaired) electrons. The molecule has 38 heavy (non-hydrogen) atoms. The molecular weight excluding hydrogens is 506 g/mol. The van der Waals surface area contributed by atoms with Crippen molar-refractivity contribution in [1.29, 1.82) is 0 Å². The molecule has 0 spiro atoms. The third-order valence-electron chi connectivity index (χ3n) is 5.47. The van der Waals surface area contributed by atoms with Crippen molar-refractivity contribution in [2.24, 2.45) is 5.10 Å². The van der Waals surface area contributed by atoms with Crippen LogP contribution < -0.4 is 23.9 Å². The number of rotatable bonds is 12. The summed E-state index contributed by atoms with van der Waals surface area (Å²) in [5.74, 6) is 0.864. The fourth-order valence-electron chi connectivity index (χ4n) is 3.62. The second-order valence-corrected chi connectivity index (χ2v) is 10.2. The number of anilines is 1. The van der Waals surface area contributed by atoms with E-state index >= 15 is 0 Å². The smallest absolute Gasteiger partial charge is 0.264 e. The van der Waals surface area contributed by atoms with E-state index in [0.29, 0.717) is 36.0 Å². The van der Waals surface area contributed by atoms with Crippen molar-refractivity contribution in [1.82, 2.24) is 5.43 Å². The summed E-state index contributed by atoms with van der Waals surface area (Å²) in [5, 5.41) is 4.02. The summed E-state index contributed by atoms with van der Waals surface area (Å²) in [4.78, 5) is 13.0. The zero-order valence-corrected chi connectivity index (χ0v) is 23.0. The van der Waals surface area contributed by atoms with Gasteiger partial charge in [-0.1, -0.05) is 23.8 Å². The van der Waals surface area contributed by atoms with Crippen LogP contribution in [0.2, 0.25) is 0 Å². The maximum atomic E-state index is 13.7. The van der Waals surface area contributed by atoms with Crippen LogP contribution >= 0.6 is 0 Å². The van der Waals surface area contributed by atoms with Crippen molar-refractivity contribution in [2.45, 2.75) is 32.6 Å². The lowest BCUT2D eigenvalue weighted by atomic mass is 10.2. The molecule has 0 aromatic heterocycles. The van der Waals surface area contributed by atoms with Crippen molar-refractivity contribution >= 4 is 27.8 Å². The van der Waals surface area contributed by atoms with Crippen LogP contribution in [-0.4, -0.2) is 47.4 Å². The summed E-state index contributed by atoms with van der Waals surface area (Å²) in [6.45, 7) is 7.90. The van der Waals surface area contributed by atoms with Gasteiger partial charge in [0.05, 0.1) is 37.1 Å². The minimum atomic E-state index is -4.10. The maximum Gasteiger partial charge on any atom is 0.264 e. The molecule has 0 bridgehead atoms. The molecule has 3 aromatic rings. The van der Waals surface area contributed by atoms with Crippen molar-refractivity contribution in [3.8, 4) is 17.2 Å². The van der Waals surface area contributed by atoms with Crippen molar-refractivity contribution in [3.05, 3.63) is 77.4 Å². The number of nitrogens with zero attached hydrogens (tertiary/aromatic N) is 2. The Morgan fingerprint density at radius 1 is 0.895 bits per heavy atom. The zero-order valence-electron chi connectivity index (χ0n) is 22.2. The number of hydrogen-bond acceptors (Lipinski definition) is 7. The number of amides is 1. The zero-order chi connectivity index (χ0) is 27.7. The summed E-state index contributed by atoms with van der Waals surface area (Å²) in [7, 11) is -2.66. The van der Waals surface area contributed by atoms with Crippen LogP contribution in [0.15, 0.2) is 70.7 Å². The van der Waals surface area contributed by atoms with Gasteiger partial charge >= 0.3 is 0 Å². The molecule has 202 valence electrons. The fraction of sp³-hybridized carbons (Fsp3) is 0.286. The van der Waals surface area contributed by atoms with Crippen LogP contribution in [-0.2, 0) is 14.8 Å². The van der Waals surface area contributed by atoms with Gasteiger partial charge in [0.2, 0.25) is 0 Å². The second kappa shape index (κ2) is 13.0. The second-order valence-electron chi connectivity index (χ2n) is 8.37. The molecule has 1 N–H and O–H groups in total. The molecular formula is C28H33N3O6S. The lowest BCUT2D eigenvalue weighted by Gasteiger charge is -2.25. The molecule has 0 saturated heterocycles. The number of ether oxygens (including phenoxy) is 3. The van der Waals surface area contributed by atoms with Crippen LogP contribution in [0.4, 0.5) is 5.69 Å². The average molecular weight is 540 g/mol. The van der Waals surface area contributed by atoms with Gasteiger partial charge in [0, 0.05) is 0 Å². The third-order valence-corrected chi connectivity index (χ3v) is 7.24. The van der Waals surface area contributed by atoms with Crippen LogP contribution in [0.25, 0.3) is 0 Å². The van der Waals surface area contributed by atoms with E-state index in [4.69, 9.17) is 14.2 Å². The molecule has 0 aliphatic heterocycles. The number of carbonyl (C=O) groups excluding carboxylic acids is 1. The molecule has 0 atom stereocenters. The van der Waals surface area contributed by atoms with Gasteiger partial charge in [-0.25, -0.2) is 13.8 Å². The van der Waals surface area contributed by atoms with Crippen molar-refractivity contribution < 1.29 is 27.4 Å². The van der Waals surface area contributed by atoms with E-state index < -0.39 is 22.5 Å². The standard InChI is InChI=1S/C28H33N3O6S/c1-6-36-26-15-11-22(17-27(26)37-7-2)18-29-30-28(32)19-31(24-16-21(4)10-14-25(24)35-5)38(33,34)23-12-8-20(3)9-13-23/h8-18H,6-7,19H2,1-5H3,(H,30,32)/b29-18-. The molecule has 0 saturated carbocycles. The van der Waals surface area contributed by atoms with E-state index in [9.17, 15) is 13.2 Å². The van der Waals surface area contributed by atoms with E-state index in [-0.39, 0.29) is 10.6 Å². The summed E-state index contributed by atoms with van der Waals surface area (Å²) >= 11 is 0. The van der Waals surface area contributed by atoms with Gasteiger partial charge in [-0.05, 0) is 81.3 Å². The largest absolute Gasteiger partial charge is 0.495 e. The molecule has 10 heteroatoms. The molecule has 0 fully saturated rings. The van der Waals surface area contributed by atoms with Crippen LogP contribution in [0.1, 0.15) is 30.5 Å². The van der Waals surface area contributed by atoms with Crippen LogP contribution in [0.5, 0.6) is 17.2 Å². The molecule has 1 amide bonds. The summed E-state index contributed by atoms with van der Waals surface area (Å²) in [5.41, 5.74) is 5.06. The Morgan fingerprint density at radius 2 is 1.53 bits per heavy atom. The van der Waals surface area contributed by atoms with Crippen molar-refractivity contribution in [3.63, 3.8) is 0 Å². The van der Waals surface area contributed by atoms with Gasteiger partial charge in [-0.2, -0.15) is 5.10 Å². The van der Waals surface area contributed by atoms with Gasteiger partial charge in [0.15, 0.2) is 11.5 Å². The number of sulfonamides is 1. The molecule has 3 aromatic carbocycles. The first-order chi connectivity index (χ1) is 18.2. The number of carbonyl (C=O) groups is 1. The molecule has 0 unspecified atom stereocenters. The quantitative estimate of drug-likeness (QED) is 0.269. The first-order valence-electron chi connectivity index (χ1n) is 12.1. The molecule has 0 aliphatic carbocycles. The summed E-state index contributed by atoms with van der Waals surface area (Å²) < 4.78 is 45.0. The molecule has 3 rings (SSSR count). The Bertz CT molecular complexity index is 1390. The van der Waals surface area contributed by atoms with Crippen LogP contribution in [0, 0.1) is 13.8 Å². The lowest BCUT2D eigenvalue weighted by Crippen LogP contribution is -2.39. The number of benzene rings is 3. The number of aryl methyl sites for hydroxylation is 2. The summed E-state index contributed by atoms with van der Waals surface area (Å²) in [6.07, 6.45) is 1.45. The number of methoxy groups -OCH3 is 1. The van der Waals surface area contributed by atoms with Gasteiger partial charge in [0.1, 0.15) is 12.3 Å². The average Bonchev–Trinajstić information content (AvgIpc) is 2.89. The highest BCUT2D eigenvalue weighted by atomic mass is 32.2. The Morgan fingerprint density at radius 3 is 2.18 bits per heavy atom. The van der Waals surface area contributed by atoms with Gasteiger partial charge < -0.3 is 14.2 Å². The predicted molar refractivity (Wildman–Crippen MR) is 148 cm³/mol. The van der Waals surface area contributed by atoms with Crippen molar-refractivity contribution in [2.75, 3.05) is 31.2 Å². The monoisotopic (exact) mass is 539 g/mol. The Labute approximate surface area is 224 Å². The first kappa shape index (κ1) is 28.5. The maximum absolute atomic E-state index is 13.7. The fourth-order valence-corrected chi connectivity index (χ4v) is 5.05. The van der Waals surface area contributed by atoms with E-state index in [0.717, 1.165) is 15.4 Å². The summed E-state index contributed by atoms with van der Waals surface area (Å²) in [6, 6.07) is 16.8. The third kappa shape index (κ3) is 7.04. The van der Waals surface area contributed by atoms with Gasteiger partial charge in [-0.15, -0.1) is 0 Å². The van der Waals surface area contributed by atoms with Crippen LogP contribution in [0.3, 0.4) is 0 Å². The van der Waals surface area contributed by atoms with E-state index in [1.165, 1.54) is 25.5 Å². The lowest BCUT2D eigenvalue weighted by molar-refractivity contribution is -0.119. The highest BCUT2D eigenvalue weighted by Gasteiger charge is 2.29. The molecule has 0 aliphatic rings. The topological polar surface area (TPSA) is 107 Å². The van der Waals surface area contributed by atoms with E-state index in [2.05, 4.69) is 10.5 Å². The molecule has 0 heterocycles. The highest BCUT2D eigenvalue weighted by Crippen LogP contribution is 2.33. The number of hydrazone groups is 1. The number of nitrogens with one attached hydrogen (secondary N) is 1. The Balaban J connectivity index is 1.87. The van der Waals surface area contributed by atoms with Gasteiger partial charge in [0.25, 0.3) is 15.9 Å². The Kier molecular flexibility index (Phi) is 9.72. The van der Waals surface area contributed by atoms with E-state index in [1.807, 2.05) is 27.7 Å².